The van der Waals surface area contributed by atoms with E-state index in [0.717, 1.165) is 54.3 Å². The Morgan fingerprint density at radius 1 is 1.11 bits per heavy atom. The third-order valence-corrected chi connectivity index (χ3v) is 7.21. The lowest BCUT2D eigenvalue weighted by Gasteiger charge is -2.33. The summed E-state index contributed by atoms with van der Waals surface area (Å²) >= 11 is 1.73. The molecule has 11 heteroatoms. The Kier molecular flexibility index (Phi) is 7.00. The smallest absolute Gasteiger partial charge is 0.428 e. The average molecular weight is 499 g/mol. The van der Waals surface area contributed by atoms with Crippen molar-refractivity contribution in [1.29, 1.82) is 0 Å². The first-order valence-corrected chi connectivity index (χ1v) is 12.6. The third kappa shape index (κ3) is 5.48. The molecule has 0 aliphatic carbocycles. The van der Waals surface area contributed by atoms with Crippen molar-refractivity contribution < 1.29 is 19.5 Å². The SMILES string of the molecule is CN(C)C(=O)ON1CCN(Cc2cc3nc(-c4cccc(O)c4)nc(N4CCOCC4)c3s2)CC1. The van der Waals surface area contributed by atoms with E-state index in [-0.39, 0.29) is 11.8 Å². The topological polar surface area (TPSA) is 94.5 Å². The van der Waals surface area contributed by atoms with Gasteiger partial charge in [-0.05, 0) is 18.2 Å². The highest BCUT2D eigenvalue weighted by Gasteiger charge is 2.24. The van der Waals surface area contributed by atoms with Crippen LogP contribution in [0, 0.1) is 0 Å². The lowest BCUT2D eigenvalue weighted by atomic mass is 10.2. The molecular weight excluding hydrogens is 468 g/mol. The molecule has 2 aliphatic heterocycles. The number of ether oxygens (including phenoxy) is 1. The summed E-state index contributed by atoms with van der Waals surface area (Å²) in [6.07, 6.45) is -0.347. The second-order valence-corrected chi connectivity index (χ2v) is 10.0. The zero-order chi connectivity index (χ0) is 24.4. The maximum atomic E-state index is 11.8. The number of phenols is 1. The van der Waals surface area contributed by atoms with Gasteiger partial charge in [0.1, 0.15) is 5.75 Å². The molecule has 4 heterocycles. The largest absolute Gasteiger partial charge is 0.508 e. The molecule has 2 saturated heterocycles. The van der Waals surface area contributed by atoms with Crippen LogP contribution in [0.4, 0.5) is 10.6 Å². The van der Waals surface area contributed by atoms with Crippen LogP contribution >= 0.6 is 11.3 Å². The summed E-state index contributed by atoms with van der Waals surface area (Å²) < 4.78 is 6.63. The minimum Gasteiger partial charge on any atom is -0.508 e. The van der Waals surface area contributed by atoms with Gasteiger partial charge in [-0.25, -0.2) is 14.8 Å². The number of aromatic nitrogens is 2. The van der Waals surface area contributed by atoms with E-state index in [2.05, 4.69) is 15.9 Å². The minimum absolute atomic E-state index is 0.195. The summed E-state index contributed by atoms with van der Waals surface area (Å²) in [6.45, 7) is 6.69. The number of hydrogen-bond donors (Lipinski definition) is 1. The fourth-order valence-corrected chi connectivity index (χ4v) is 5.35. The highest BCUT2D eigenvalue weighted by molar-refractivity contribution is 7.19. The van der Waals surface area contributed by atoms with Crippen molar-refractivity contribution >= 4 is 33.5 Å². The van der Waals surface area contributed by atoms with Gasteiger partial charge >= 0.3 is 6.09 Å². The van der Waals surface area contributed by atoms with Crippen LogP contribution in [-0.4, -0.2) is 103 Å². The third-order valence-electron chi connectivity index (χ3n) is 6.10. The van der Waals surface area contributed by atoms with Crippen LogP contribution in [0.1, 0.15) is 4.88 Å². The molecule has 186 valence electrons. The Morgan fingerprint density at radius 3 is 2.60 bits per heavy atom. The molecule has 35 heavy (non-hydrogen) atoms. The van der Waals surface area contributed by atoms with Crippen molar-refractivity contribution in [3.8, 4) is 17.1 Å². The zero-order valence-electron chi connectivity index (χ0n) is 20.0. The van der Waals surface area contributed by atoms with Crippen LogP contribution in [0.15, 0.2) is 30.3 Å². The van der Waals surface area contributed by atoms with Crippen LogP contribution in [-0.2, 0) is 16.1 Å². The molecule has 0 spiro atoms. The molecule has 5 rings (SSSR count). The second kappa shape index (κ2) is 10.3. The highest BCUT2D eigenvalue weighted by atomic mass is 32.1. The first kappa shape index (κ1) is 23.7. The Bertz CT molecular complexity index is 1190. The van der Waals surface area contributed by atoms with Crippen LogP contribution in [0.2, 0.25) is 0 Å². The van der Waals surface area contributed by atoms with Gasteiger partial charge in [0.05, 0.1) is 23.4 Å². The summed E-state index contributed by atoms with van der Waals surface area (Å²) in [5, 5.41) is 11.7. The van der Waals surface area contributed by atoms with Gasteiger partial charge in [0.2, 0.25) is 0 Å². The lowest BCUT2D eigenvalue weighted by Crippen LogP contribution is -2.47. The Hall–Kier alpha value is -2.99. The van der Waals surface area contributed by atoms with Gasteiger partial charge in [-0.15, -0.1) is 16.4 Å². The van der Waals surface area contributed by atoms with Crippen LogP contribution in [0.5, 0.6) is 5.75 Å². The standard InChI is InChI=1S/C24H30N6O4S/c1-27(2)24(32)34-30-8-6-28(7-9-30)16-19-15-20-21(35-19)23(29-10-12-33-13-11-29)26-22(25-20)17-4-3-5-18(31)14-17/h3-5,14-15,31H,6-13,16H2,1-2H3. The predicted molar refractivity (Wildman–Crippen MR) is 135 cm³/mol. The van der Waals surface area contributed by atoms with E-state index in [4.69, 9.17) is 19.5 Å². The minimum atomic E-state index is -0.347. The van der Waals surface area contributed by atoms with Crippen LogP contribution in [0.3, 0.4) is 0 Å². The number of amides is 1. The molecule has 10 nitrogen and oxygen atoms in total. The number of benzene rings is 1. The van der Waals surface area contributed by atoms with Gasteiger partial charge < -0.3 is 24.5 Å². The quantitative estimate of drug-likeness (QED) is 0.570. The van der Waals surface area contributed by atoms with Crippen LogP contribution < -0.4 is 4.90 Å². The van der Waals surface area contributed by atoms with E-state index < -0.39 is 0 Å². The average Bonchev–Trinajstić information content (AvgIpc) is 3.27. The van der Waals surface area contributed by atoms with E-state index in [1.54, 1.807) is 48.7 Å². The maximum Gasteiger partial charge on any atom is 0.428 e. The predicted octanol–water partition coefficient (Wildman–Crippen LogP) is 2.63. The molecule has 1 amide bonds. The number of fused-ring (bicyclic) bond motifs is 1. The van der Waals surface area contributed by atoms with E-state index in [1.807, 2.05) is 6.07 Å². The number of hydrogen-bond acceptors (Lipinski definition) is 10. The maximum absolute atomic E-state index is 11.8. The normalized spacial score (nSPS) is 17.6. The summed E-state index contributed by atoms with van der Waals surface area (Å²) in [6, 6.07) is 9.21. The molecule has 1 aromatic carbocycles. The molecular formula is C24H30N6O4S. The zero-order valence-corrected chi connectivity index (χ0v) is 20.8. The fourth-order valence-electron chi connectivity index (χ4n) is 4.20. The molecule has 2 aliphatic rings. The number of carbonyl (C=O) groups is 1. The molecule has 2 aromatic heterocycles. The summed E-state index contributed by atoms with van der Waals surface area (Å²) in [4.78, 5) is 34.3. The molecule has 0 atom stereocenters. The number of rotatable bonds is 5. The van der Waals surface area contributed by atoms with Crippen molar-refractivity contribution in [2.24, 2.45) is 0 Å². The van der Waals surface area contributed by atoms with E-state index in [9.17, 15) is 9.90 Å². The van der Waals surface area contributed by atoms with E-state index >= 15 is 0 Å². The van der Waals surface area contributed by atoms with Gasteiger partial charge in [0, 0.05) is 70.3 Å². The van der Waals surface area contributed by atoms with Gasteiger partial charge in [0.15, 0.2) is 11.6 Å². The number of morpholine rings is 1. The van der Waals surface area contributed by atoms with Crippen molar-refractivity contribution in [1.82, 2.24) is 24.8 Å². The van der Waals surface area contributed by atoms with Gasteiger partial charge in [0.25, 0.3) is 0 Å². The van der Waals surface area contributed by atoms with Crippen molar-refractivity contribution in [2.75, 3.05) is 71.5 Å². The van der Waals surface area contributed by atoms with Crippen LogP contribution in [0.25, 0.3) is 21.6 Å². The summed E-state index contributed by atoms with van der Waals surface area (Å²) in [7, 11) is 3.36. The Labute approximate surface area is 208 Å². The molecule has 0 bridgehead atoms. The van der Waals surface area contributed by atoms with Crippen molar-refractivity contribution in [3.63, 3.8) is 0 Å². The van der Waals surface area contributed by atoms with Crippen molar-refractivity contribution in [2.45, 2.75) is 6.54 Å². The van der Waals surface area contributed by atoms with Gasteiger partial charge in [-0.2, -0.15) is 0 Å². The molecule has 1 N–H and O–H groups in total. The molecule has 0 radical (unpaired) electrons. The highest BCUT2D eigenvalue weighted by Crippen LogP contribution is 2.35. The summed E-state index contributed by atoms with van der Waals surface area (Å²) in [5.41, 5.74) is 1.70. The van der Waals surface area contributed by atoms with Gasteiger partial charge in [-0.3, -0.25) is 4.90 Å². The first-order chi connectivity index (χ1) is 17.0. The monoisotopic (exact) mass is 498 g/mol. The first-order valence-electron chi connectivity index (χ1n) is 11.8. The van der Waals surface area contributed by atoms with Crippen molar-refractivity contribution in [3.05, 3.63) is 35.2 Å². The number of thiophene rings is 1. The Morgan fingerprint density at radius 2 is 1.89 bits per heavy atom. The number of hydroxylamine groups is 2. The number of carbonyl (C=O) groups excluding carboxylic acids is 1. The number of piperazine rings is 1. The number of anilines is 1. The second-order valence-electron chi connectivity index (χ2n) is 8.90. The fraction of sp³-hybridized carbons (Fsp3) is 0.458. The Balaban J connectivity index is 1.37. The molecule has 2 fully saturated rings. The number of nitrogens with zero attached hydrogens (tertiary/aromatic N) is 6. The molecule has 0 unspecified atom stereocenters. The molecule has 0 saturated carbocycles. The number of phenolic OH excluding ortho intramolecular Hbond substituents is 1. The van der Waals surface area contributed by atoms with E-state index in [0.29, 0.717) is 32.1 Å². The molecule has 3 aromatic rings. The van der Waals surface area contributed by atoms with Gasteiger partial charge in [-0.1, -0.05) is 12.1 Å². The van der Waals surface area contributed by atoms with E-state index in [1.165, 1.54) is 9.78 Å². The lowest BCUT2D eigenvalue weighted by molar-refractivity contribution is -0.131. The number of aromatic hydroxyl groups is 1. The summed E-state index contributed by atoms with van der Waals surface area (Å²) in [5.74, 6) is 1.73.